The molecule has 4 nitrogen and oxygen atoms in total. The minimum atomic E-state index is -1.58. The second-order valence-electron chi connectivity index (χ2n) is 3.53. The maximum Gasteiger partial charge on any atom is 0.249 e. The summed E-state index contributed by atoms with van der Waals surface area (Å²) in [5.41, 5.74) is 0.937. The molecular formula is C11H10Cl3N3O. The highest BCUT2D eigenvalue weighted by atomic mass is 35.6. The van der Waals surface area contributed by atoms with Crippen molar-refractivity contribution in [2.24, 2.45) is 9.98 Å². The summed E-state index contributed by atoms with van der Waals surface area (Å²) in [5.74, 6) is 0.982. The molecule has 2 rings (SSSR count). The molecule has 18 heavy (non-hydrogen) atoms. The zero-order chi connectivity index (χ0) is 13.2. The largest absolute Gasteiger partial charge is 0.497 e. The molecule has 0 unspecified atom stereocenters. The van der Waals surface area contributed by atoms with Crippen LogP contribution in [-0.2, 0) is 0 Å². The van der Waals surface area contributed by atoms with Crippen molar-refractivity contribution in [1.29, 1.82) is 0 Å². The Morgan fingerprint density at radius 2 is 1.89 bits per heavy atom. The summed E-state index contributed by atoms with van der Waals surface area (Å²) in [6, 6.07) is 7.52. The van der Waals surface area contributed by atoms with Crippen LogP contribution in [0.1, 0.15) is 0 Å². The average molecular weight is 307 g/mol. The lowest BCUT2D eigenvalue weighted by Crippen LogP contribution is -2.30. The summed E-state index contributed by atoms with van der Waals surface area (Å²) in [5, 5.41) is 0. The molecule has 0 atom stereocenters. The number of benzene rings is 1. The molecule has 0 amide bonds. The number of hydrogen-bond donors (Lipinski definition) is 0. The predicted octanol–water partition coefficient (Wildman–Crippen LogP) is 3.27. The van der Waals surface area contributed by atoms with Crippen LogP contribution < -0.4 is 9.64 Å². The van der Waals surface area contributed by atoms with E-state index in [1.165, 1.54) is 0 Å². The van der Waals surface area contributed by atoms with Gasteiger partial charge in [0.2, 0.25) is 3.79 Å². The maximum atomic E-state index is 5.70. The topological polar surface area (TPSA) is 37.2 Å². The molecule has 1 aliphatic heterocycles. The molecule has 1 aromatic rings. The Morgan fingerprint density at radius 3 is 2.33 bits per heavy atom. The van der Waals surface area contributed by atoms with Crippen molar-refractivity contribution in [2.45, 2.75) is 3.79 Å². The van der Waals surface area contributed by atoms with Crippen LogP contribution >= 0.6 is 34.8 Å². The summed E-state index contributed by atoms with van der Waals surface area (Å²) >= 11 is 17.1. The van der Waals surface area contributed by atoms with Crippen LogP contribution in [0.5, 0.6) is 5.75 Å². The quantitative estimate of drug-likeness (QED) is 0.786. The Balaban J connectivity index is 2.10. The van der Waals surface area contributed by atoms with E-state index in [4.69, 9.17) is 39.5 Å². The van der Waals surface area contributed by atoms with Crippen molar-refractivity contribution < 1.29 is 4.74 Å². The molecular weight excluding hydrogens is 297 g/mol. The highest BCUT2D eigenvalue weighted by molar-refractivity contribution is 6.76. The van der Waals surface area contributed by atoms with Gasteiger partial charge in [-0.15, -0.1) is 0 Å². The molecule has 0 saturated carbocycles. The van der Waals surface area contributed by atoms with E-state index in [0.29, 0.717) is 6.67 Å². The van der Waals surface area contributed by atoms with Crippen molar-refractivity contribution in [3.8, 4) is 5.75 Å². The number of anilines is 1. The zero-order valence-corrected chi connectivity index (χ0v) is 11.7. The fourth-order valence-electron chi connectivity index (χ4n) is 1.43. The van der Waals surface area contributed by atoms with E-state index in [9.17, 15) is 0 Å². The fraction of sp³-hybridized carbons (Fsp3) is 0.273. The first-order chi connectivity index (χ1) is 8.50. The van der Waals surface area contributed by atoms with E-state index in [-0.39, 0.29) is 5.84 Å². The Bertz CT molecular complexity index is 479. The number of alkyl halides is 3. The summed E-state index contributed by atoms with van der Waals surface area (Å²) in [6.07, 6.45) is 1.59. The number of rotatable bonds is 2. The van der Waals surface area contributed by atoms with Gasteiger partial charge in [-0.05, 0) is 24.3 Å². The van der Waals surface area contributed by atoms with E-state index in [1.807, 2.05) is 29.2 Å². The monoisotopic (exact) mass is 305 g/mol. The molecule has 0 bridgehead atoms. The van der Waals surface area contributed by atoms with Gasteiger partial charge in [0.15, 0.2) is 5.84 Å². The van der Waals surface area contributed by atoms with Gasteiger partial charge in [-0.2, -0.15) is 0 Å². The second-order valence-corrected chi connectivity index (χ2v) is 5.81. The van der Waals surface area contributed by atoms with Gasteiger partial charge in [-0.1, -0.05) is 34.8 Å². The lowest BCUT2D eigenvalue weighted by molar-refractivity contribution is 0.415. The van der Waals surface area contributed by atoms with E-state index in [0.717, 1.165) is 11.4 Å². The normalized spacial score (nSPS) is 15.6. The molecule has 0 aliphatic carbocycles. The lowest BCUT2D eigenvalue weighted by atomic mass is 10.3. The van der Waals surface area contributed by atoms with Gasteiger partial charge >= 0.3 is 0 Å². The maximum absolute atomic E-state index is 5.70. The van der Waals surface area contributed by atoms with Crippen molar-refractivity contribution in [3.05, 3.63) is 24.3 Å². The van der Waals surface area contributed by atoms with Gasteiger partial charge in [0.1, 0.15) is 12.4 Å². The SMILES string of the molecule is COc1ccc(N2C=NC(C(Cl)(Cl)Cl)=NC2)cc1. The first kappa shape index (κ1) is 13.5. The summed E-state index contributed by atoms with van der Waals surface area (Å²) < 4.78 is 3.51. The Labute approximate surface area is 120 Å². The molecule has 96 valence electrons. The van der Waals surface area contributed by atoms with Gasteiger partial charge in [-0.25, -0.2) is 9.98 Å². The van der Waals surface area contributed by atoms with Crippen LogP contribution in [0.25, 0.3) is 0 Å². The molecule has 7 heteroatoms. The molecule has 0 fully saturated rings. The Morgan fingerprint density at radius 1 is 1.22 bits per heavy atom. The van der Waals surface area contributed by atoms with Gasteiger partial charge in [0.25, 0.3) is 0 Å². The van der Waals surface area contributed by atoms with Gasteiger partial charge in [0.05, 0.1) is 13.4 Å². The minimum Gasteiger partial charge on any atom is -0.497 e. The summed E-state index contributed by atoms with van der Waals surface area (Å²) in [6.45, 7) is 0.360. The van der Waals surface area contributed by atoms with Crippen LogP contribution in [0, 0.1) is 0 Å². The van der Waals surface area contributed by atoms with Crippen LogP contribution in [0.4, 0.5) is 5.69 Å². The van der Waals surface area contributed by atoms with E-state index < -0.39 is 3.79 Å². The number of halogens is 3. The van der Waals surface area contributed by atoms with Gasteiger partial charge in [0, 0.05) is 5.69 Å². The van der Waals surface area contributed by atoms with Crippen LogP contribution in [-0.4, -0.2) is 29.7 Å². The Hall–Kier alpha value is -0.970. The second kappa shape index (κ2) is 5.34. The number of ether oxygens (including phenoxy) is 1. The van der Waals surface area contributed by atoms with Crippen LogP contribution in [0.2, 0.25) is 0 Å². The molecule has 1 heterocycles. The predicted molar refractivity (Wildman–Crippen MR) is 76.6 cm³/mol. The highest BCUT2D eigenvalue weighted by Crippen LogP contribution is 2.30. The van der Waals surface area contributed by atoms with Crippen LogP contribution in [0.3, 0.4) is 0 Å². The third-order valence-electron chi connectivity index (χ3n) is 2.35. The van der Waals surface area contributed by atoms with Crippen molar-refractivity contribution in [3.63, 3.8) is 0 Å². The third kappa shape index (κ3) is 3.07. The number of nitrogens with zero attached hydrogens (tertiary/aromatic N) is 3. The fourth-order valence-corrected chi connectivity index (χ4v) is 1.76. The molecule has 1 aliphatic rings. The molecule has 0 saturated heterocycles. The molecule has 0 radical (unpaired) electrons. The van der Waals surface area contributed by atoms with Crippen molar-refractivity contribution in [1.82, 2.24) is 0 Å². The lowest BCUT2D eigenvalue weighted by Gasteiger charge is -2.23. The Kier molecular flexibility index (Phi) is 4.00. The van der Waals surface area contributed by atoms with E-state index in [2.05, 4.69) is 9.98 Å². The van der Waals surface area contributed by atoms with Crippen LogP contribution in [0.15, 0.2) is 34.3 Å². The standard InChI is InChI=1S/C11H10Cl3N3O/c1-18-9-4-2-8(3-5-9)17-6-15-10(16-7-17)11(12,13)14/h2-6H,7H2,1H3. The molecule has 0 N–H and O–H groups in total. The third-order valence-corrected chi connectivity index (χ3v) is 2.86. The zero-order valence-electron chi connectivity index (χ0n) is 9.48. The van der Waals surface area contributed by atoms with Crippen molar-refractivity contribution >= 4 is 52.7 Å². The molecule has 0 spiro atoms. The first-order valence-electron chi connectivity index (χ1n) is 5.07. The number of aliphatic imine (C=N–C) groups is 2. The summed E-state index contributed by atoms with van der Waals surface area (Å²) in [4.78, 5) is 9.98. The van der Waals surface area contributed by atoms with E-state index >= 15 is 0 Å². The van der Waals surface area contributed by atoms with Gasteiger partial charge in [-0.3, -0.25) is 0 Å². The minimum absolute atomic E-state index is 0.192. The van der Waals surface area contributed by atoms with Gasteiger partial charge < -0.3 is 9.64 Å². The smallest absolute Gasteiger partial charge is 0.249 e. The number of hydrogen-bond acceptors (Lipinski definition) is 4. The number of methoxy groups -OCH3 is 1. The first-order valence-corrected chi connectivity index (χ1v) is 6.20. The van der Waals surface area contributed by atoms with E-state index in [1.54, 1.807) is 13.4 Å². The molecule has 1 aromatic carbocycles. The van der Waals surface area contributed by atoms with Crippen molar-refractivity contribution in [2.75, 3.05) is 18.7 Å². The number of amidine groups is 1. The summed E-state index contributed by atoms with van der Waals surface area (Å²) in [7, 11) is 1.62. The molecule has 0 aromatic heterocycles. The highest BCUT2D eigenvalue weighted by Gasteiger charge is 2.29. The average Bonchev–Trinajstić information content (AvgIpc) is 2.38.